The van der Waals surface area contributed by atoms with Crippen molar-refractivity contribution in [1.82, 2.24) is 0 Å². The average Bonchev–Trinajstić information content (AvgIpc) is 2.06. The summed E-state index contributed by atoms with van der Waals surface area (Å²) >= 11 is 7.63. The second kappa shape index (κ2) is 4.42. The number of benzene rings is 1. The van der Waals surface area contributed by atoms with Crippen molar-refractivity contribution in [2.75, 3.05) is 0 Å². The van der Waals surface area contributed by atoms with Gasteiger partial charge in [0.2, 0.25) is 0 Å². The molecule has 0 unspecified atom stereocenters. The number of para-hydroxylation sites is 1. The molecular formula is C8H8O2S2. The average molecular weight is 200 g/mol. The van der Waals surface area contributed by atoms with E-state index >= 15 is 0 Å². The molecule has 1 rings (SSSR count). The number of thiol groups is 2. The zero-order chi connectivity index (χ0) is 8.97. The Kier molecular flexibility index (Phi) is 3.49. The van der Waals surface area contributed by atoms with Crippen LogP contribution in [0.1, 0.15) is 0 Å². The van der Waals surface area contributed by atoms with E-state index in [9.17, 15) is 4.79 Å². The van der Waals surface area contributed by atoms with E-state index in [4.69, 9.17) is 4.74 Å². The van der Waals surface area contributed by atoms with Gasteiger partial charge >= 0.3 is 5.97 Å². The Labute approximate surface area is 81.7 Å². The van der Waals surface area contributed by atoms with Crippen LogP contribution in [0.25, 0.3) is 0 Å². The van der Waals surface area contributed by atoms with Gasteiger partial charge in [-0.3, -0.25) is 0 Å². The topological polar surface area (TPSA) is 26.3 Å². The van der Waals surface area contributed by atoms with Gasteiger partial charge in [-0.1, -0.05) is 18.2 Å². The van der Waals surface area contributed by atoms with Gasteiger partial charge in [-0.25, -0.2) is 4.79 Å². The summed E-state index contributed by atoms with van der Waals surface area (Å²) in [6, 6.07) is 8.81. The lowest BCUT2D eigenvalue weighted by Crippen LogP contribution is -2.15. The van der Waals surface area contributed by atoms with Crippen LogP contribution in [0, 0.1) is 0 Å². The fourth-order valence-corrected chi connectivity index (χ4v) is 0.763. The molecule has 4 heteroatoms. The van der Waals surface area contributed by atoms with Gasteiger partial charge in [0, 0.05) is 0 Å². The number of carbonyl (C=O) groups is 1. The van der Waals surface area contributed by atoms with Crippen molar-refractivity contribution in [2.45, 2.75) is 4.58 Å². The highest BCUT2D eigenvalue weighted by Crippen LogP contribution is 2.11. The summed E-state index contributed by atoms with van der Waals surface area (Å²) in [5.41, 5.74) is 0. The Morgan fingerprint density at radius 1 is 1.25 bits per heavy atom. The Morgan fingerprint density at radius 2 is 1.83 bits per heavy atom. The van der Waals surface area contributed by atoms with Crippen molar-refractivity contribution in [1.29, 1.82) is 0 Å². The Morgan fingerprint density at radius 3 is 2.33 bits per heavy atom. The molecule has 0 amide bonds. The van der Waals surface area contributed by atoms with Crippen LogP contribution >= 0.6 is 25.3 Å². The monoisotopic (exact) mass is 200 g/mol. The molecule has 1 aromatic carbocycles. The fourth-order valence-electron chi connectivity index (χ4n) is 0.657. The largest absolute Gasteiger partial charge is 0.425 e. The first-order valence-electron chi connectivity index (χ1n) is 3.33. The molecule has 0 aromatic heterocycles. The summed E-state index contributed by atoms with van der Waals surface area (Å²) in [6.45, 7) is 0. The third-order valence-corrected chi connectivity index (χ3v) is 1.59. The van der Waals surface area contributed by atoms with E-state index in [-0.39, 0.29) is 0 Å². The molecule has 1 aromatic rings. The standard InChI is InChI=1S/C8H8O2S2/c9-7(8(11)12)10-6-4-2-1-3-5-6/h1-5,8,11-12H. The summed E-state index contributed by atoms with van der Waals surface area (Å²) in [5.74, 6) is 0.0449. The van der Waals surface area contributed by atoms with Gasteiger partial charge in [0.05, 0.1) is 0 Å². The first-order valence-corrected chi connectivity index (χ1v) is 4.36. The Balaban J connectivity index is 2.59. The third kappa shape index (κ3) is 2.79. The Bertz CT molecular complexity index is 259. The Hall–Kier alpha value is -0.610. The maximum absolute atomic E-state index is 10.9. The van der Waals surface area contributed by atoms with E-state index in [0.717, 1.165) is 0 Å². The summed E-state index contributed by atoms with van der Waals surface area (Å²) in [7, 11) is 0. The lowest BCUT2D eigenvalue weighted by Gasteiger charge is -2.04. The number of ether oxygens (including phenoxy) is 1. The first kappa shape index (κ1) is 9.48. The third-order valence-electron chi connectivity index (χ3n) is 1.17. The van der Waals surface area contributed by atoms with Gasteiger partial charge in [0.15, 0.2) is 0 Å². The van der Waals surface area contributed by atoms with Crippen molar-refractivity contribution in [2.24, 2.45) is 0 Å². The lowest BCUT2D eigenvalue weighted by molar-refractivity contribution is -0.132. The van der Waals surface area contributed by atoms with Crippen LogP contribution in [-0.2, 0) is 4.79 Å². The normalized spacial score (nSPS) is 9.92. The van der Waals surface area contributed by atoms with E-state index < -0.39 is 10.6 Å². The molecule has 0 aliphatic heterocycles. The summed E-state index contributed by atoms with van der Waals surface area (Å²) in [6.07, 6.45) is 0. The summed E-state index contributed by atoms with van der Waals surface area (Å²) in [4.78, 5) is 10.9. The zero-order valence-electron chi connectivity index (χ0n) is 6.18. The maximum Gasteiger partial charge on any atom is 0.334 e. The van der Waals surface area contributed by atoms with E-state index in [1.807, 2.05) is 6.07 Å². The molecule has 0 heterocycles. The highest BCUT2D eigenvalue weighted by molar-refractivity contribution is 8.00. The molecule has 0 aliphatic rings. The minimum absolute atomic E-state index is 0.465. The van der Waals surface area contributed by atoms with Crippen molar-refractivity contribution < 1.29 is 9.53 Å². The van der Waals surface area contributed by atoms with E-state index in [1.54, 1.807) is 24.3 Å². The van der Waals surface area contributed by atoms with Crippen LogP contribution in [0.5, 0.6) is 5.75 Å². The van der Waals surface area contributed by atoms with Crippen molar-refractivity contribution in [3.63, 3.8) is 0 Å². The van der Waals surface area contributed by atoms with Crippen LogP contribution in [0.4, 0.5) is 0 Å². The molecule has 0 aliphatic carbocycles. The highest BCUT2D eigenvalue weighted by atomic mass is 32.2. The number of carbonyl (C=O) groups excluding carboxylic acids is 1. The summed E-state index contributed by atoms with van der Waals surface area (Å²) in [5, 5.41) is 0. The molecule has 2 nitrogen and oxygen atoms in total. The van der Waals surface area contributed by atoms with Crippen LogP contribution in [-0.4, -0.2) is 10.6 Å². The zero-order valence-corrected chi connectivity index (χ0v) is 7.96. The molecule has 0 saturated heterocycles. The predicted molar refractivity (Wildman–Crippen MR) is 53.8 cm³/mol. The molecule has 64 valence electrons. The molecule has 0 fully saturated rings. The molecule has 0 N–H and O–H groups in total. The highest BCUT2D eigenvalue weighted by Gasteiger charge is 2.10. The van der Waals surface area contributed by atoms with Gasteiger partial charge in [-0.2, -0.15) is 25.3 Å². The number of hydrogen-bond acceptors (Lipinski definition) is 4. The second-order valence-electron chi connectivity index (χ2n) is 2.11. The van der Waals surface area contributed by atoms with Gasteiger partial charge in [0.25, 0.3) is 0 Å². The molecular weight excluding hydrogens is 192 g/mol. The van der Waals surface area contributed by atoms with Gasteiger partial charge < -0.3 is 4.74 Å². The molecule has 12 heavy (non-hydrogen) atoms. The molecule has 0 atom stereocenters. The fraction of sp³-hybridized carbons (Fsp3) is 0.125. The van der Waals surface area contributed by atoms with Gasteiger partial charge in [-0.05, 0) is 12.1 Å². The van der Waals surface area contributed by atoms with Crippen LogP contribution in [0.3, 0.4) is 0 Å². The molecule has 0 radical (unpaired) electrons. The number of rotatable bonds is 2. The minimum atomic E-state index is -0.690. The maximum atomic E-state index is 10.9. The molecule has 0 spiro atoms. The van der Waals surface area contributed by atoms with Crippen LogP contribution < -0.4 is 4.74 Å². The smallest absolute Gasteiger partial charge is 0.334 e. The number of esters is 1. The van der Waals surface area contributed by atoms with Crippen LogP contribution in [0.2, 0.25) is 0 Å². The van der Waals surface area contributed by atoms with E-state index in [1.165, 1.54) is 0 Å². The molecule has 0 saturated carbocycles. The van der Waals surface area contributed by atoms with Crippen molar-refractivity contribution in [3.05, 3.63) is 30.3 Å². The second-order valence-corrected chi connectivity index (χ2v) is 3.55. The van der Waals surface area contributed by atoms with Crippen LogP contribution in [0.15, 0.2) is 30.3 Å². The van der Waals surface area contributed by atoms with Gasteiger partial charge in [0.1, 0.15) is 10.3 Å². The molecule has 0 bridgehead atoms. The minimum Gasteiger partial charge on any atom is -0.425 e. The quantitative estimate of drug-likeness (QED) is 0.329. The van der Waals surface area contributed by atoms with E-state index in [0.29, 0.717) is 5.75 Å². The van der Waals surface area contributed by atoms with Crippen molar-refractivity contribution >= 4 is 31.2 Å². The first-order chi connectivity index (χ1) is 5.70. The summed E-state index contributed by atoms with van der Waals surface area (Å²) < 4.78 is 4.19. The van der Waals surface area contributed by atoms with Crippen molar-refractivity contribution in [3.8, 4) is 5.75 Å². The van der Waals surface area contributed by atoms with E-state index in [2.05, 4.69) is 25.3 Å². The van der Waals surface area contributed by atoms with Gasteiger partial charge in [-0.15, -0.1) is 0 Å². The lowest BCUT2D eigenvalue weighted by atomic mass is 10.3. The SMILES string of the molecule is O=C(Oc1ccccc1)C(S)S. The number of hydrogen-bond donors (Lipinski definition) is 2. The predicted octanol–water partition coefficient (Wildman–Crippen LogP) is 1.78.